The number of hydrogen-bond donors (Lipinski definition) is 0. The minimum atomic E-state index is 0.124. The van der Waals surface area contributed by atoms with Crippen molar-refractivity contribution in [3.63, 3.8) is 0 Å². The van der Waals surface area contributed by atoms with E-state index in [1.54, 1.807) is 52.7 Å². The van der Waals surface area contributed by atoms with Gasteiger partial charge in [-0.3, -0.25) is 4.79 Å². The molecule has 0 aliphatic rings. The molecule has 0 N–H and O–H groups in total. The monoisotopic (exact) mass is 604 g/mol. The first-order chi connectivity index (χ1) is 21.5. The summed E-state index contributed by atoms with van der Waals surface area (Å²) in [7, 11) is 9.21. The van der Waals surface area contributed by atoms with Crippen molar-refractivity contribution in [2.45, 2.75) is 19.8 Å². The van der Waals surface area contributed by atoms with Gasteiger partial charge in [0.1, 0.15) is 26.1 Å². The lowest BCUT2D eigenvalue weighted by Gasteiger charge is -2.19. The van der Waals surface area contributed by atoms with Crippen molar-refractivity contribution in [3.8, 4) is 51.7 Å². The van der Waals surface area contributed by atoms with Crippen molar-refractivity contribution in [3.05, 3.63) is 89.0 Å². The third-order valence-electron chi connectivity index (χ3n) is 6.65. The SMILES string of the molecule is COc1cc(C=O)cc(OC)c1OCc1cc(OC)c(OCc2cc(OC)c(OCc3ccccc3)c(OC)c2)c(OC)c1. The largest absolute Gasteiger partial charge is 0.493 e. The minimum absolute atomic E-state index is 0.124. The Bertz CT molecular complexity index is 1480. The number of carbonyl (C=O) groups is 1. The fourth-order valence-corrected chi connectivity index (χ4v) is 4.47. The molecule has 0 amide bonds. The van der Waals surface area contributed by atoms with Crippen LogP contribution in [-0.2, 0) is 19.8 Å². The highest BCUT2D eigenvalue weighted by Crippen LogP contribution is 2.43. The molecule has 4 rings (SSSR count). The van der Waals surface area contributed by atoms with Crippen LogP contribution in [0.3, 0.4) is 0 Å². The highest BCUT2D eigenvalue weighted by atomic mass is 16.6. The van der Waals surface area contributed by atoms with E-state index in [1.165, 1.54) is 14.2 Å². The summed E-state index contributed by atoms with van der Waals surface area (Å²) < 4.78 is 51.7. The molecule has 10 heteroatoms. The zero-order chi connectivity index (χ0) is 31.5. The fraction of sp³-hybridized carbons (Fsp3) is 0.265. The van der Waals surface area contributed by atoms with Crippen LogP contribution in [0.15, 0.2) is 66.7 Å². The summed E-state index contributed by atoms with van der Waals surface area (Å²) >= 11 is 0. The number of hydrogen-bond acceptors (Lipinski definition) is 10. The van der Waals surface area contributed by atoms with Gasteiger partial charge in [0.15, 0.2) is 34.5 Å². The molecule has 0 unspecified atom stereocenters. The fourth-order valence-electron chi connectivity index (χ4n) is 4.47. The van der Waals surface area contributed by atoms with Crippen LogP contribution < -0.4 is 42.6 Å². The number of ether oxygens (including phenoxy) is 9. The van der Waals surface area contributed by atoms with Crippen LogP contribution in [0, 0.1) is 0 Å². The topological polar surface area (TPSA) is 100 Å². The zero-order valence-electron chi connectivity index (χ0n) is 25.6. The molecule has 0 aliphatic heterocycles. The van der Waals surface area contributed by atoms with Gasteiger partial charge in [-0.15, -0.1) is 0 Å². The Labute approximate surface area is 256 Å². The van der Waals surface area contributed by atoms with Gasteiger partial charge < -0.3 is 42.6 Å². The van der Waals surface area contributed by atoms with Gasteiger partial charge >= 0.3 is 0 Å². The zero-order valence-corrected chi connectivity index (χ0v) is 25.6. The standard InChI is InChI=1S/C34H36O10/c1-36-26-12-23(18-35)13-27(37-2)32(26)43-20-25-16-30(40-5)34(31(17-25)41-6)44-21-24-14-28(38-3)33(29(15-24)39-4)42-19-22-10-8-7-9-11-22/h7-18H,19-21H2,1-6H3. The molecule has 4 aromatic rings. The van der Waals surface area contributed by atoms with Crippen LogP contribution >= 0.6 is 0 Å². The lowest BCUT2D eigenvalue weighted by atomic mass is 10.1. The van der Waals surface area contributed by atoms with Crippen LogP contribution in [0.2, 0.25) is 0 Å². The second kappa shape index (κ2) is 15.3. The van der Waals surface area contributed by atoms with Crippen LogP contribution in [0.25, 0.3) is 0 Å². The van der Waals surface area contributed by atoms with Crippen molar-refractivity contribution >= 4 is 6.29 Å². The first-order valence-corrected chi connectivity index (χ1v) is 13.6. The molecule has 0 aliphatic carbocycles. The predicted octanol–water partition coefficient (Wildman–Crippen LogP) is 6.29. The highest BCUT2D eigenvalue weighted by Gasteiger charge is 2.20. The molecule has 10 nitrogen and oxygen atoms in total. The number of aldehydes is 1. The molecule has 0 radical (unpaired) electrons. The molecule has 0 fully saturated rings. The number of rotatable bonds is 16. The van der Waals surface area contributed by atoms with Crippen molar-refractivity contribution in [1.29, 1.82) is 0 Å². The molecule has 0 heterocycles. The van der Waals surface area contributed by atoms with Crippen molar-refractivity contribution in [2.24, 2.45) is 0 Å². The number of carbonyl (C=O) groups excluding carboxylic acids is 1. The molecule has 4 aromatic carbocycles. The van der Waals surface area contributed by atoms with Crippen LogP contribution in [0.4, 0.5) is 0 Å². The molecular formula is C34H36O10. The molecule has 0 saturated heterocycles. The Hall–Kier alpha value is -5.25. The highest BCUT2D eigenvalue weighted by molar-refractivity contribution is 5.78. The van der Waals surface area contributed by atoms with E-state index >= 15 is 0 Å². The second-order valence-electron chi connectivity index (χ2n) is 9.38. The molecular weight excluding hydrogens is 568 g/mol. The number of methoxy groups -OCH3 is 6. The summed E-state index contributed by atoms with van der Waals surface area (Å²) in [5.41, 5.74) is 2.93. The first-order valence-electron chi connectivity index (χ1n) is 13.6. The predicted molar refractivity (Wildman–Crippen MR) is 163 cm³/mol. The minimum Gasteiger partial charge on any atom is -0.493 e. The summed E-state index contributed by atoms with van der Waals surface area (Å²) in [5, 5.41) is 0. The van der Waals surface area contributed by atoms with E-state index in [2.05, 4.69) is 0 Å². The van der Waals surface area contributed by atoms with Gasteiger partial charge in [-0.05, 0) is 53.1 Å². The maximum absolute atomic E-state index is 11.3. The van der Waals surface area contributed by atoms with Crippen LogP contribution in [0.5, 0.6) is 51.7 Å². The Kier molecular flexibility index (Phi) is 11.0. The number of benzene rings is 4. The average molecular weight is 605 g/mol. The van der Waals surface area contributed by atoms with Gasteiger partial charge in [0.05, 0.1) is 42.7 Å². The van der Waals surface area contributed by atoms with Crippen LogP contribution in [-0.4, -0.2) is 48.9 Å². The molecule has 0 bridgehead atoms. The average Bonchev–Trinajstić information content (AvgIpc) is 3.08. The van der Waals surface area contributed by atoms with Gasteiger partial charge in [-0.25, -0.2) is 0 Å². The van der Waals surface area contributed by atoms with Crippen LogP contribution in [0.1, 0.15) is 27.0 Å². The third-order valence-corrected chi connectivity index (χ3v) is 6.65. The van der Waals surface area contributed by atoms with Gasteiger partial charge in [0.2, 0.25) is 17.2 Å². The lowest BCUT2D eigenvalue weighted by Crippen LogP contribution is -2.05. The lowest BCUT2D eigenvalue weighted by molar-refractivity contribution is 0.112. The summed E-state index contributed by atoms with van der Waals surface area (Å²) in [6, 6.07) is 20.2. The van der Waals surface area contributed by atoms with Crippen molar-refractivity contribution in [1.82, 2.24) is 0 Å². The van der Waals surface area contributed by atoms with Gasteiger partial charge in [-0.2, -0.15) is 0 Å². The van der Waals surface area contributed by atoms with Crippen molar-refractivity contribution in [2.75, 3.05) is 42.7 Å². The molecule has 0 atom stereocenters. The van der Waals surface area contributed by atoms with E-state index < -0.39 is 0 Å². The molecule has 0 aromatic heterocycles. The molecule has 0 spiro atoms. The van der Waals surface area contributed by atoms with E-state index in [0.717, 1.165) is 16.7 Å². The van der Waals surface area contributed by atoms with Gasteiger partial charge in [0.25, 0.3) is 0 Å². The summed E-state index contributed by atoms with van der Waals surface area (Å²) in [6.07, 6.45) is 0.712. The summed E-state index contributed by atoms with van der Waals surface area (Å²) in [5.74, 6) is 3.91. The smallest absolute Gasteiger partial charge is 0.203 e. The maximum atomic E-state index is 11.3. The molecule has 232 valence electrons. The Morgan fingerprint density at radius 1 is 0.455 bits per heavy atom. The third kappa shape index (κ3) is 7.38. The Morgan fingerprint density at radius 2 is 0.773 bits per heavy atom. The van der Waals surface area contributed by atoms with E-state index in [-0.39, 0.29) is 13.2 Å². The van der Waals surface area contributed by atoms with Gasteiger partial charge in [-0.1, -0.05) is 30.3 Å². The second-order valence-corrected chi connectivity index (χ2v) is 9.38. The maximum Gasteiger partial charge on any atom is 0.203 e. The normalized spacial score (nSPS) is 10.4. The van der Waals surface area contributed by atoms with Crippen molar-refractivity contribution < 1.29 is 47.4 Å². The Morgan fingerprint density at radius 3 is 1.09 bits per heavy atom. The van der Waals surface area contributed by atoms with E-state index in [9.17, 15) is 4.79 Å². The van der Waals surface area contributed by atoms with E-state index in [4.69, 9.17) is 42.6 Å². The Balaban J connectivity index is 1.54. The first kappa shape index (κ1) is 31.7. The molecule has 44 heavy (non-hydrogen) atoms. The summed E-state index contributed by atoms with van der Waals surface area (Å²) in [6.45, 7) is 0.641. The van der Waals surface area contributed by atoms with E-state index in [1.807, 2.05) is 42.5 Å². The summed E-state index contributed by atoms with van der Waals surface area (Å²) in [4.78, 5) is 11.3. The quantitative estimate of drug-likeness (QED) is 0.136. The molecule has 0 saturated carbocycles. The van der Waals surface area contributed by atoms with E-state index in [0.29, 0.717) is 70.2 Å². The van der Waals surface area contributed by atoms with Gasteiger partial charge in [0, 0.05) is 5.56 Å².